The van der Waals surface area contributed by atoms with Crippen LogP contribution in [0.4, 0.5) is 5.69 Å². The number of carbonyl (C=O) groups excluding carboxylic acids is 1. The number of aryl methyl sites for hydroxylation is 1. The molecule has 1 aromatic rings. The first kappa shape index (κ1) is 14.4. The van der Waals surface area contributed by atoms with Gasteiger partial charge in [0.05, 0.1) is 13.7 Å². The van der Waals surface area contributed by atoms with Crippen LogP contribution in [0.1, 0.15) is 19.4 Å². The summed E-state index contributed by atoms with van der Waals surface area (Å²) in [6, 6.07) is 5.77. The Labute approximate surface area is 109 Å². The summed E-state index contributed by atoms with van der Waals surface area (Å²) < 4.78 is 5.15. The monoisotopic (exact) mass is 250 g/mol. The SMILES string of the molecule is CCN(CC)C(=O)CNc1ccc(OC)cc1C. The van der Waals surface area contributed by atoms with Gasteiger partial charge in [-0.15, -0.1) is 0 Å². The fraction of sp³-hybridized carbons (Fsp3) is 0.500. The van der Waals surface area contributed by atoms with Gasteiger partial charge in [-0.1, -0.05) is 0 Å². The fourth-order valence-corrected chi connectivity index (χ4v) is 1.82. The van der Waals surface area contributed by atoms with E-state index in [1.54, 1.807) is 7.11 Å². The maximum absolute atomic E-state index is 11.9. The molecule has 18 heavy (non-hydrogen) atoms. The van der Waals surface area contributed by atoms with Gasteiger partial charge in [0, 0.05) is 18.8 Å². The standard InChI is InChI=1S/C14H22N2O2/c1-5-16(6-2)14(17)10-15-13-8-7-12(18-4)9-11(13)3/h7-9,15H,5-6,10H2,1-4H3. The number of hydrogen-bond acceptors (Lipinski definition) is 3. The number of likely N-dealkylation sites (N-methyl/N-ethyl adjacent to an activating group) is 1. The van der Waals surface area contributed by atoms with E-state index < -0.39 is 0 Å². The molecule has 0 unspecified atom stereocenters. The zero-order valence-corrected chi connectivity index (χ0v) is 11.6. The van der Waals surface area contributed by atoms with E-state index in [-0.39, 0.29) is 5.91 Å². The van der Waals surface area contributed by atoms with Crippen LogP contribution in [0.25, 0.3) is 0 Å². The van der Waals surface area contributed by atoms with E-state index in [4.69, 9.17) is 4.74 Å². The first-order chi connectivity index (χ1) is 8.62. The number of methoxy groups -OCH3 is 1. The molecule has 0 heterocycles. The minimum Gasteiger partial charge on any atom is -0.497 e. The molecule has 0 aromatic heterocycles. The minimum absolute atomic E-state index is 0.121. The Morgan fingerprint density at radius 2 is 2.00 bits per heavy atom. The summed E-state index contributed by atoms with van der Waals surface area (Å²) in [5.74, 6) is 0.948. The average molecular weight is 250 g/mol. The lowest BCUT2D eigenvalue weighted by atomic mass is 10.2. The number of ether oxygens (including phenoxy) is 1. The van der Waals surface area contributed by atoms with E-state index in [0.717, 1.165) is 30.1 Å². The topological polar surface area (TPSA) is 41.6 Å². The maximum Gasteiger partial charge on any atom is 0.241 e. The number of hydrogen-bond donors (Lipinski definition) is 1. The van der Waals surface area contributed by atoms with E-state index in [9.17, 15) is 4.79 Å². The molecular weight excluding hydrogens is 228 g/mol. The molecule has 0 fully saturated rings. The Balaban J connectivity index is 2.61. The molecule has 0 radical (unpaired) electrons. The Bertz CT molecular complexity index is 401. The lowest BCUT2D eigenvalue weighted by Gasteiger charge is -2.19. The van der Waals surface area contributed by atoms with Crippen molar-refractivity contribution in [3.8, 4) is 5.75 Å². The van der Waals surface area contributed by atoms with Gasteiger partial charge in [-0.3, -0.25) is 4.79 Å². The highest BCUT2D eigenvalue weighted by molar-refractivity contribution is 5.81. The van der Waals surface area contributed by atoms with Crippen LogP contribution in [-0.4, -0.2) is 37.6 Å². The van der Waals surface area contributed by atoms with Crippen LogP contribution in [0.2, 0.25) is 0 Å². The molecule has 0 aliphatic rings. The molecule has 100 valence electrons. The molecule has 1 amide bonds. The quantitative estimate of drug-likeness (QED) is 0.842. The van der Waals surface area contributed by atoms with Gasteiger partial charge < -0.3 is 15.0 Å². The van der Waals surface area contributed by atoms with Crippen molar-refractivity contribution in [1.29, 1.82) is 0 Å². The number of carbonyl (C=O) groups is 1. The second-order valence-electron chi connectivity index (χ2n) is 4.10. The fourth-order valence-electron chi connectivity index (χ4n) is 1.82. The Hall–Kier alpha value is -1.71. The van der Waals surface area contributed by atoms with Gasteiger partial charge in [-0.2, -0.15) is 0 Å². The Morgan fingerprint density at radius 1 is 1.33 bits per heavy atom. The largest absolute Gasteiger partial charge is 0.497 e. The zero-order chi connectivity index (χ0) is 13.5. The second-order valence-corrected chi connectivity index (χ2v) is 4.10. The van der Waals surface area contributed by atoms with Gasteiger partial charge in [-0.25, -0.2) is 0 Å². The predicted octanol–water partition coefficient (Wildman–Crippen LogP) is 2.28. The minimum atomic E-state index is 0.121. The van der Waals surface area contributed by atoms with Crippen molar-refractivity contribution < 1.29 is 9.53 Å². The van der Waals surface area contributed by atoms with Crippen molar-refractivity contribution in [2.75, 3.05) is 32.1 Å². The smallest absolute Gasteiger partial charge is 0.241 e. The third-order valence-corrected chi connectivity index (χ3v) is 2.98. The van der Waals surface area contributed by atoms with Crippen LogP contribution in [0.3, 0.4) is 0 Å². The lowest BCUT2D eigenvalue weighted by Crippen LogP contribution is -2.35. The molecule has 4 nitrogen and oxygen atoms in total. The van der Waals surface area contributed by atoms with Gasteiger partial charge in [0.15, 0.2) is 0 Å². The highest BCUT2D eigenvalue weighted by atomic mass is 16.5. The van der Waals surface area contributed by atoms with Crippen molar-refractivity contribution in [3.63, 3.8) is 0 Å². The van der Waals surface area contributed by atoms with Gasteiger partial charge in [0.2, 0.25) is 5.91 Å². The van der Waals surface area contributed by atoms with Crippen LogP contribution in [0, 0.1) is 6.92 Å². The lowest BCUT2D eigenvalue weighted by molar-refractivity contribution is -0.128. The molecule has 0 aliphatic heterocycles. The van der Waals surface area contributed by atoms with E-state index in [2.05, 4.69) is 5.32 Å². The van der Waals surface area contributed by atoms with E-state index in [1.807, 2.05) is 43.9 Å². The summed E-state index contributed by atoms with van der Waals surface area (Å²) in [5.41, 5.74) is 2.04. The van der Waals surface area contributed by atoms with Crippen molar-refractivity contribution in [3.05, 3.63) is 23.8 Å². The van der Waals surface area contributed by atoms with Gasteiger partial charge in [-0.05, 0) is 44.5 Å². The number of anilines is 1. The molecular formula is C14H22N2O2. The van der Waals surface area contributed by atoms with Gasteiger partial charge >= 0.3 is 0 Å². The number of nitrogens with zero attached hydrogens (tertiary/aromatic N) is 1. The summed E-state index contributed by atoms with van der Waals surface area (Å²) in [5, 5.41) is 3.17. The number of nitrogens with one attached hydrogen (secondary N) is 1. The Kier molecular flexibility index (Phi) is 5.49. The number of amides is 1. The predicted molar refractivity (Wildman–Crippen MR) is 74.1 cm³/mol. The van der Waals surface area contributed by atoms with Crippen molar-refractivity contribution in [2.45, 2.75) is 20.8 Å². The first-order valence-corrected chi connectivity index (χ1v) is 6.28. The summed E-state index contributed by atoms with van der Waals surface area (Å²) in [7, 11) is 1.64. The van der Waals surface area contributed by atoms with Crippen LogP contribution in [-0.2, 0) is 4.79 Å². The third-order valence-electron chi connectivity index (χ3n) is 2.98. The normalized spacial score (nSPS) is 10.0. The molecule has 0 saturated heterocycles. The molecule has 0 saturated carbocycles. The molecule has 0 atom stereocenters. The Morgan fingerprint density at radius 3 is 2.50 bits per heavy atom. The van der Waals surface area contributed by atoms with E-state index in [1.165, 1.54) is 0 Å². The molecule has 4 heteroatoms. The highest BCUT2D eigenvalue weighted by Crippen LogP contribution is 2.20. The van der Waals surface area contributed by atoms with Gasteiger partial charge in [0.1, 0.15) is 5.75 Å². The van der Waals surface area contributed by atoms with Gasteiger partial charge in [0.25, 0.3) is 0 Å². The van der Waals surface area contributed by atoms with Crippen molar-refractivity contribution >= 4 is 11.6 Å². The second kappa shape index (κ2) is 6.89. The zero-order valence-electron chi connectivity index (χ0n) is 11.6. The van der Waals surface area contributed by atoms with Crippen LogP contribution in [0.15, 0.2) is 18.2 Å². The summed E-state index contributed by atoms with van der Waals surface area (Å²) in [6.07, 6.45) is 0. The summed E-state index contributed by atoms with van der Waals surface area (Å²) in [6.45, 7) is 7.79. The number of rotatable bonds is 6. The third kappa shape index (κ3) is 3.65. The van der Waals surface area contributed by atoms with Crippen LogP contribution >= 0.6 is 0 Å². The maximum atomic E-state index is 11.9. The first-order valence-electron chi connectivity index (χ1n) is 6.28. The molecule has 1 N–H and O–H groups in total. The molecule has 0 spiro atoms. The molecule has 0 bridgehead atoms. The van der Waals surface area contributed by atoms with Crippen molar-refractivity contribution in [1.82, 2.24) is 4.90 Å². The molecule has 1 aromatic carbocycles. The van der Waals surface area contributed by atoms with E-state index in [0.29, 0.717) is 6.54 Å². The molecule has 0 aliphatic carbocycles. The van der Waals surface area contributed by atoms with Crippen molar-refractivity contribution in [2.24, 2.45) is 0 Å². The summed E-state index contributed by atoms with van der Waals surface area (Å²) >= 11 is 0. The highest BCUT2D eigenvalue weighted by Gasteiger charge is 2.09. The summed E-state index contributed by atoms with van der Waals surface area (Å²) in [4.78, 5) is 13.7. The van der Waals surface area contributed by atoms with Crippen LogP contribution in [0.5, 0.6) is 5.75 Å². The average Bonchev–Trinajstić information content (AvgIpc) is 2.38. The molecule has 1 rings (SSSR count). The number of benzene rings is 1. The van der Waals surface area contributed by atoms with Crippen LogP contribution < -0.4 is 10.1 Å². The van der Waals surface area contributed by atoms with E-state index >= 15 is 0 Å².